The third kappa shape index (κ3) is 6.63. The molecule has 2 N–H and O–H groups in total. The predicted molar refractivity (Wildman–Crippen MR) is 120 cm³/mol. The molecule has 3 aromatic rings. The van der Waals surface area contributed by atoms with Crippen molar-refractivity contribution in [1.82, 2.24) is 15.6 Å². The zero-order valence-corrected chi connectivity index (χ0v) is 18.0. The van der Waals surface area contributed by atoms with E-state index in [9.17, 15) is 4.39 Å². The number of rotatable bonds is 7. The zero-order valence-electron chi connectivity index (χ0n) is 15.7. The van der Waals surface area contributed by atoms with E-state index in [-0.39, 0.29) is 29.8 Å². The van der Waals surface area contributed by atoms with Crippen LogP contribution in [-0.2, 0) is 13.0 Å². The quantitative estimate of drug-likeness (QED) is 0.291. The molecule has 0 atom stereocenters. The molecule has 7 heteroatoms. The topological polar surface area (TPSA) is 62.5 Å². The third-order valence-electron chi connectivity index (χ3n) is 3.92. The zero-order chi connectivity index (χ0) is 18.9. The molecule has 0 unspecified atom stereocenters. The molecule has 0 aliphatic carbocycles. The molecule has 28 heavy (non-hydrogen) atoms. The summed E-state index contributed by atoms with van der Waals surface area (Å²) in [7, 11) is 0. The molecule has 2 aromatic carbocycles. The summed E-state index contributed by atoms with van der Waals surface area (Å²) >= 11 is 0. The molecule has 5 nitrogen and oxygen atoms in total. The number of oxazole rings is 1. The molecular weight excluding hydrogens is 470 g/mol. The van der Waals surface area contributed by atoms with Crippen LogP contribution in [0.4, 0.5) is 4.39 Å². The van der Waals surface area contributed by atoms with Crippen molar-refractivity contribution in [2.45, 2.75) is 19.9 Å². The summed E-state index contributed by atoms with van der Waals surface area (Å²) in [5, 5.41) is 6.54. The maximum atomic E-state index is 13.0. The van der Waals surface area contributed by atoms with E-state index in [2.05, 4.69) is 32.7 Å². The van der Waals surface area contributed by atoms with E-state index in [1.807, 2.05) is 25.1 Å². The number of aliphatic imine (C=N–C) groups is 1. The first-order chi connectivity index (χ1) is 13.2. The van der Waals surface area contributed by atoms with Gasteiger partial charge in [-0.1, -0.05) is 30.3 Å². The van der Waals surface area contributed by atoms with E-state index < -0.39 is 0 Å². The summed E-state index contributed by atoms with van der Waals surface area (Å²) in [5.41, 5.74) is 2.75. The monoisotopic (exact) mass is 494 g/mol. The fourth-order valence-electron chi connectivity index (χ4n) is 2.55. The average molecular weight is 494 g/mol. The molecular formula is C21H24FIN4O. The number of benzene rings is 2. The summed E-state index contributed by atoms with van der Waals surface area (Å²) < 4.78 is 18.5. The lowest BCUT2D eigenvalue weighted by Gasteiger charge is -2.10. The molecule has 148 valence electrons. The average Bonchev–Trinajstić information content (AvgIpc) is 3.16. The highest BCUT2D eigenvalue weighted by Gasteiger charge is 2.07. The van der Waals surface area contributed by atoms with Gasteiger partial charge in [0, 0.05) is 25.1 Å². The van der Waals surface area contributed by atoms with Crippen molar-refractivity contribution in [3.05, 3.63) is 77.9 Å². The molecule has 0 aliphatic heterocycles. The first-order valence-electron chi connectivity index (χ1n) is 9.01. The second kappa shape index (κ2) is 11.4. The maximum Gasteiger partial charge on any atom is 0.226 e. The Kier molecular flexibility index (Phi) is 8.93. The van der Waals surface area contributed by atoms with Crippen LogP contribution in [0, 0.1) is 5.82 Å². The fourth-order valence-corrected chi connectivity index (χ4v) is 2.55. The van der Waals surface area contributed by atoms with Crippen LogP contribution in [0.25, 0.3) is 11.5 Å². The van der Waals surface area contributed by atoms with Crippen LogP contribution < -0.4 is 10.6 Å². The largest absolute Gasteiger partial charge is 0.444 e. The summed E-state index contributed by atoms with van der Waals surface area (Å²) in [6, 6.07) is 16.2. The van der Waals surface area contributed by atoms with E-state index in [0.717, 1.165) is 29.3 Å². The van der Waals surface area contributed by atoms with Crippen molar-refractivity contribution in [3.63, 3.8) is 0 Å². The fraction of sp³-hybridized carbons (Fsp3) is 0.238. The summed E-state index contributed by atoms with van der Waals surface area (Å²) in [4.78, 5) is 9.05. The third-order valence-corrected chi connectivity index (χ3v) is 3.92. The Morgan fingerprint density at radius 3 is 2.54 bits per heavy atom. The van der Waals surface area contributed by atoms with Gasteiger partial charge in [-0.05, 0) is 36.8 Å². The highest BCUT2D eigenvalue weighted by atomic mass is 127. The van der Waals surface area contributed by atoms with Crippen molar-refractivity contribution in [2.24, 2.45) is 4.99 Å². The summed E-state index contributed by atoms with van der Waals surface area (Å²) in [6.45, 7) is 4.12. The van der Waals surface area contributed by atoms with Gasteiger partial charge in [0.25, 0.3) is 0 Å². The second-order valence-corrected chi connectivity index (χ2v) is 6.01. The molecule has 0 amide bonds. The molecule has 0 spiro atoms. The van der Waals surface area contributed by atoms with Gasteiger partial charge in [-0.2, -0.15) is 0 Å². The van der Waals surface area contributed by atoms with Crippen LogP contribution in [0.3, 0.4) is 0 Å². The minimum atomic E-state index is -0.277. The maximum absolute atomic E-state index is 13.0. The molecule has 0 aliphatic rings. The van der Waals surface area contributed by atoms with Crippen molar-refractivity contribution in [2.75, 3.05) is 13.1 Å². The van der Waals surface area contributed by atoms with Crippen molar-refractivity contribution < 1.29 is 8.81 Å². The molecule has 0 radical (unpaired) electrons. The number of hydrogen-bond donors (Lipinski definition) is 2. The highest BCUT2D eigenvalue weighted by Crippen LogP contribution is 2.18. The number of nitrogens with zero attached hydrogens (tertiary/aromatic N) is 2. The molecule has 3 rings (SSSR count). The van der Waals surface area contributed by atoms with E-state index in [1.165, 1.54) is 12.1 Å². The van der Waals surface area contributed by atoms with Crippen molar-refractivity contribution >= 4 is 29.9 Å². The Labute approximate surface area is 181 Å². The minimum absolute atomic E-state index is 0. The Morgan fingerprint density at radius 1 is 1.07 bits per heavy atom. The van der Waals surface area contributed by atoms with Crippen LogP contribution in [-0.4, -0.2) is 24.0 Å². The normalized spacial score (nSPS) is 11.0. The number of nitrogens with one attached hydrogen (secondary N) is 2. The number of hydrogen-bond acceptors (Lipinski definition) is 3. The van der Waals surface area contributed by atoms with Gasteiger partial charge < -0.3 is 15.1 Å². The molecule has 1 aromatic heterocycles. The van der Waals surface area contributed by atoms with Gasteiger partial charge in [0.05, 0.1) is 12.2 Å². The van der Waals surface area contributed by atoms with Gasteiger partial charge in [0.2, 0.25) is 5.89 Å². The van der Waals surface area contributed by atoms with E-state index in [0.29, 0.717) is 25.4 Å². The van der Waals surface area contributed by atoms with Crippen LogP contribution >= 0.6 is 24.0 Å². The number of guanidine groups is 1. The Morgan fingerprint density at radius 2 is 1.82 bits per heavy atom. The van der Waals surface area contributed by atoms with E-state index in [4.69, 9.17) is 4.42 Å². The summed E-state index contributed by atoms with van der Waals surface area (Å²) in [5.74, 6) is 0.985. The van der Waals surface area contributed by atoms with Crippen LogP contribution in [0.2, 0.25) is 0 Å². The highest BCUT2D eigenvalue weighted by molar-refractivity contribution is 14.0. The number of aromatic nitrogens is 1. The van der Waals surface area contributed by atoms with Gasteiger partial charge in [-0.3, -0.25) is 0 Å². The van der Waals surface area contributed by atoms with Gasteiger partial charge in [-0.25, -0.2) is 14.4 Å². The predicted octanol–water partition coefficient (Wildman–Crippen LogP) is 4.40. The Balaban J connectivity index is 0.00000280. The van der Waals surface area contributed by atoms with Gasteiger partial charge in [0.15, 0.2) is 5.96 Å². The second-order valence-electron chi connectivity index (χ2n) is 6.01. The molecule has 1 heterocycles. The van der Waals surface area contributed by atoms with Gasteiger partial charge in [0.1, 0.15) is 12.1 Å². The standard InChI is InChI=1S/C21H23FN4O.HI/c1-2-23-21(25-14-16-6-4-3-5-7-16)24-13-12-19-15-27-20(26-19)17-8-10-18(22)11-9-17;/h3-11,15H,2,12-14H2,1H3,(H2,23,24,25);1H. The molecule has 0 saturated heterocycles. The van der Waals surface area contributed by atoms with Gasteiger partial charge >= 0.3 is 0 Å². The lowest BCUT2D eigenvalue weighted by Crippen LogP contribution is -2.38. The van der Waals surface area contributed by atoms with E-state index in [1.54, 1.807) is 18.4 Å². The minimum Gasteiger partial charge on any atom is -0.444 e. The lowest BCUT2D eigenvalue weighted by molar-refractivity contribution is 0.571. The summed E-state index contributed by atoms with van der Waals surface area (Å²) in [6.07, 6.45) is 2.33. The smallest absolute Gasteiger partial charge is 0.226 e. The first-order valence-corrected chi connectivity index (χ1v) is 9.01. The molecule has 0 bridgehead atoms. The Bertz CT molecular complexity index is 866. The van der Waals surface area contributed by atoms with Gasteiger partial charge in [-0.15, -0.1) is 24.0 Å². The Hall–Kier alpha value is -2.42. The van der Waals surface area contributed by atoms with Crippen molar-refractivity contribution in [3.8, 4) is 11.5 Å². The van der Waals surface area contributed by atoms with E-state index >= 15 is 0 Å². The molecule has 0 fully saturated rings. The first kappa shape index (κ1) is 21.9. The lowest BCUT2D eigenvalue weighted by atomic mass is 10.2. The van der Waals surface area contributed by atoms with Crippen LogP contribution in [0.5, 0.6) is 0 Å². The SMILES string of the molecule is CCNC(=NCc1ccccc1)NCCc1coc(-c2ccc(F)cc2)n1.I. The van der Waals surface area contributed by atoms with Crippen molar-refractivity contribution in [1.29, 1.82) is 0 Å². The van der Waals surface area contributed by atoms with Crippen LogP contribution in [0.15, 0.2) is 70.3 Å². The van der Waals surface area contributed by atoms with Crippen LogP contribution in [0.1, 0.15) is 18.2 Å². The number of halogens is 2. The molecule has 0 saturated carbocycles.